The van der Waals surface area contributed by atoms with Crippen LogP contribution in [0.1, 0.15) is 0 Å². The van der Waals surface area contributed by atoms with Gasteiger partial charge in [-0.05, 0) is 0 Å². The van der Waals surface area contributed by atoms with Crippen LogP contribution < -0.4 is 0 Å². The Hall–Kier alpha value is 2.09. The zero-order chi connectivity index (χ0) is 14.5. The molecular formula is C10H3Cl9. The molecule has 0 aliphatic heterocycles. The van der Waals surface area contributed by atoms with Crippen molar-refractivity contribution in [2.45, 2.75) is 25.4 Å². The predicted octanol–water partition coefficient (Wildman–Crippen LogP) is 6.17. The summed E-state index contributed by atoms with van der Waals surface area (Å²) in [5, 5.41) is -1.04. The van der Waals surface area contributed by atoms with Crippen molar-refractivity contribution in [3.63, 3.8) is 0 Å². The second kappa shape index (κ2) is 4.34. The highest BCUT2D eigenvalue weighted by Crippen LogP contribution is 2.78. The number of hydrogen-bond acceptors (Lipinski definition) is 0. The van der Waals surface area contributed by atoms with Gasteiger partial charge in [-0.15, -0.1) is 58.0 Å². The third-order valence-corrected chi connectivity index (χ3v) is 10.1. The largest absolute Gasteiger partial charge is 0.124 e. The summed E-state index contributed by atoms with van der Waals surface area (Å²) in [6, 6.07) is 0. The molecule has 1 saturated carbocycles. The van der Waals surface area contributed by atoms with E-state index < -0.39 is 31.3 Å². The van der Waals surface area contributed by atoms with Gasteiger partial charge in [-0.3, -0.25) is 0 Å². The van der Waals surface area contributed by atoms with Gasteiger partial charge in [0.2, 0.25) is 0 Å². The summed E-state index contributed by atoms with van der Waals surface area (Å²) in [6.07, 6.45) is 0. The fourth-order valence-electron chi connectivity index (χ4n) is 3.15. The molecule has 0 radical (unpaired) electrons. The summed E-state index contributed by atoms with van der Waals surface area (Å²) in [7, 11) is 0. The maximum atomic E-state index is 6.65. The molecule has 1 fully saturated rings. The van der Waals surface area contributed by atoms with Crippen LogP contribution in [-0.4, -0.2) is 25.4 Å². The fraction of sp³-hybridized carbons (Fsp3) is 0.600. The lowest BCUT2D eigenvalue weighted by atomic mass is 9.83. The van der Waals surface area contributed by atoms with Crippen LogP contribution >= 0.6 is 104 Å². The van der Waals surface area contributed by atoms with Crippen molar-refractivity contribution in [3.05, 3.63) is 20.1 Å². The Labute approximate surface area is 154 Å². The molecule has 0 amide bonds. The monoisotopic (exact) mass is 438 g/mol. The number of rotatable bonds is 0. The Balaban J connectivity index is 2.37. The van der Waals surface area contributed by atoms with E-state index in [0.717, 1.165) is 0 Å². The van der Waals surface area contributed by atoms with Crippen molar-refractivity contribution in [2.24, 2.45) is 5.92 Å². The van der Waals surface area contributed by atoms with Gasteiger partial charge in [0.1, 0.15) is 14.6 Å². The zero-order valence-electron chi connectivity index (χ0n) is 8.63. The lowest BCUT2D eigenvalue weighted by Gasteiger charge is -2.40. The van der Waals surface area contributed by atoms with E-state index in [4.69, 9.17) is 104 Å². The van der Waals surface area contributed by atoms with Crippen molar-refractivity contribution in [2.75, 3.05) is 0 Å². The van der Waals surface area contributed by atoms with E-state index in [1.54, 1.807) is 0 Å². The molecule has 3 aliphatic carbocycles. The first-order valence-electron chi connectivity index (χ1n) is 5.04. The minimum absolute atomic E-state index is 0.0884. The van der Waals surface area contributed by atoms with E-state index in [-0.39, 0.29) is 20.1 Å². The van der Waals surface area contributed by atoms with Crippen LogP contribution in [-0.2, 0) is 0 Å². The van der Waals surface area contributed by atoms with Gasteiger partial charge in [-0.1, -0.05) is 46.4 Å². The molecule has 0 spiro atoms. The quantitative estimate of drug-likeness (QED) is 0.394. The SMILES string of the molecule is ClC1=C(Cl)[C@]2(Cl)[C@@H]([C@@H]1Cl)[C@@]1(Cl)C(Cl)=C(Cl)[C@@]2(Cl)[C@H]1Cl. The van der Waals surface area contributed by atoms with Crippen molar-refractivity contribution >= 4 is 104 Å². The highest BCUT2D eigenvalue weighted by molar-refractivity contribution is 6.61. The first-order chi connectivity index (χ1) is 8.57. The number of hydrogen-bond donors (Lipinski definition) is 0. The number of halogens is 9. The average molecular weight is 442 g/mol. The van der Waals surface area contributed by atoms with Crippen LogP contribution in [0.25, 0.3) is 0 Å². The van der Waals surface area contributed by atoms with Crippen LogP contribution in [0.3, 0.4) is 0 Å². The van der Waals surface area contributed by atoms with Crippen LogP contribution in [0, 0.1) is 5.92 Å². The van der Waals surface area contributed by atoms with Gasteiger partial charge in [0.05, 0.1) is 30.9 Å². The van der Waals surface area contributed by atoms with Crippen LogP contribution in [0.15, 0.2) is 20.1 Å². The third kappa shape index (κ3) is 1.38. The van der Waals surface area contributed by atoms with Crippen LogP contribution in [0.5, 0.6) is 0 Å². The van der Waals surface area contributed by atoms with Gasteiger partial charge < -0.3 is 0 Å². The third-order valence-electron chi connectivity index (χ3n) is 4.04. The molecule has 9 heteroatoms. The molecule has 0 aromatic heterocycles. The van der Waals surface area contributed by atoms with Crippen molar-refractivity contribution in [3.8, 4) is 0 Å². The Morgan fingerprint density at radius 2 is 1.26 bits per heavy atom. The number of allylic oxidation sites excluding steroid dienone is 4. The second-order valence-electron chi connectivity index (χ2n) is 4.72. The molecule has 0 unspecified atom stereocenters. The summed E-state index contributed by atoms with van der Waals surface area (Å²) < 4.78 is 0. The van der Waals surface area contributed by atoms with E-state index in [2.05, 4.69) is 0 Å². The minimum Gasteiger partial charge on any atom is -0.118 e. The Bertz CT molecular complexity index is 553. The highest BCUT2D eigenvalue weighted by atomic mass is 35.5. The first-order valence-corrected chi connectivity index (χ1v) is 8.55. The van der Waals surface area contributed by atoms with Crippen molar-refractivity contribution in [1.82, 2.24) is 0 Å². The summed E-state index contributed by atoms with van der Waals surface area (Å²) in [5.74, 6) is -0.653. The summed E-state index contributed by atoms with van der Waals surface area (Å²) in [5.41, 5.74) is 0. The maximum Gasteiger partial charge on any atom is 0.124 e. The minimum atomic E-state index is -1.44. The molecule has 0 heterocycles. The fourth-order valence-corrected chi connectivity index (χ4v) is 7.95. The lowest BCUT2D eigenvalue weighted by molar-refractivity contribution is 0.443. The van der Waals surface area contributed by atoms with Gasteiger partial charge in [-0.2, -0.15) is 0 Å². The Kier molecular flexibility index (Phi) is 3.64. The highest BCUT2D eigenvalue weighted by Gasteiger charge is 2.84. The first kappa shape index (κ1) is 16.0. The molecule has 0 nitrogen and oxygen atoms in total. The van der Waals surface area contributed by atoms with E-state index in [1.165, 1.54) is 0 Å². The molecule has 3 rings (SSSR count). The molecule has 0 saturated heterocycles. The maximum absolute atomic E-state index is 6.65. The topological polar surface area (TPSA) is 0 Å². The number of fused-ring (bicyclic) bond motifs is 5. The molecule has 106 valence electrons. The molecule has 2 bridgehead atoms. The second-order valence-corrected chi connectivity index (χ2v) is 8.99. The van der Waals surface area contributed by atoms with E-state index >= 15 is 0 Å². The van der Waals surface area contributed by atoms with E-state index in [0.29, 0.717) is 0 Å². The Morgan fingerprint density at radius 1 is 0.737 bits per heavy atom. The zero-order valence-corrected chi connectivity index (χ0v) is 15.4. The summed E-state index contributed by atoms with van der Waals surface area (Å²) >= 11 is 57.2. The molecule has 0 N–H and O–H groups in total. The van der Waals surface area contributed by atoms with Crippen molar-refractivity contribution in [1.29, 1.82) is 0 Å². The van der Waals surface area contributed by atoms with Crippen LogP contribution in [0.2, 0.25) is 0 Å². The number of alkyl halides is 5. The summed E-state index contributed by atoms with van der Waals surface area (Å²) in [6.45, 7) is 0. The van der Waals surface area contributed by atoms with E-state index in [9.17, 15) is 0 Å². The van der Waals surface area contributed by atoms with Gasteiger partial charge in [0.25, 0.3) is 0 Å². The smallest absolute Gasteiger partial charge is 0.118 e. The predicted molar refractivity (Wildman–Crippen MR) is 86.0 cm³/mol. The van der Waals surface area contributed by atoms with Gasteiger partial charge in [0, 0.05) is 5.92 Å². The molecule has 0 aromatic rings. The molecular weight excluding hydrogens is 439 g/mol. The molecule has 6 atom stereocenters. The van der Waals surface area contributed by atoms with Crippen molar-refractivity contribution < 1.29 is 0 Å². The average Bonchev–Trinajstić information content (AvgIpc) is 2.69. The van der Waals surface area contributed by atoms with E-state index in [1.807, 2.05) is 0 Å². The lowest BCUT2D eigenvalue weighted by Crippen LogP contribution is -2.50. The van der Waals surface area contributed by atoms with Gasteiger partial charge >= 0.3 is 0 Å². The summed E-state index contributed by atoms with van der Waals surface area (Å²) in [4.78, 5) is -4.11. The normalized spacial score (nSPS) is 56.4. The standard InChI is InChI=1S/C10H3Cl9/c11-1-2(12)4(13)9(18)3(1)8(17)5(14)6(15)10(9,19)7(8)16/h1,3,7H/t1-,3+,7+,8-,9-,10-/m1/s1. The Morgan fingerprint density at radius 3 is 1.79 bits per heavy atom. The van der Waals surface area contributed by atoms with Crippen LogP contribution in [0.4, 0.5) is 0 Å². The molecule has 0 aromatic carbocycles. The van der Waals surface area contributed by atoms with Gasteiger partial charge in [-0.25, -0.2) is 0 Å². The molecule has 19 heavy (non-hydrogen) atoms. The van der Waals surface area contributed by atoms with Gasteiger partial charge in [0.15, 0.2) is 0 Å². The molecule has 3 aliphatic rings.